The lowest BCUT2D eigenvalue weighted by molar-refractivity contribution is 0.391. The number of H-pyrrole nitrogens is 1. The molecule has 6 nitrogen and oxygen atoms in total. The summed E-state index contributed by atoms with van der Waals surface area (Å²) in [5, 5.41) is 14.0. The Balaban J connectivity index is 0.00000108. The first-order chi connectivity index (χ1) is 7.93. The van der Waals surface area contributed by atoms with Crippen LogP contribution in [0.2, 0.25) is 0 Å². The molecule has 0 saturated carbocycles. The van der Waals surface area contributed by atoms with Crippen LogP contribution in [0.1, 0.15) is 24.6 Å². The van der Waals surface area contributed by atoms with Crippen molar-refractivity contribution in [2.24, 2.45) is 0 Å². The highest BCUT2D eigenvalue weighted by Gasteiger charge is 2.21. The highest BCUT2D eigenvalue weighted by atomic mass is 35.5. The number of hydrogen-bond donors (Lipinski definition) is 2. The summed E-state index contributed by atoms with van der Waals surface area (Å²) in [6.45, 7) is 2.05. The first-order valence-electron chi connectivity index (χ1n) is 5.47. The molecule has 0 radical (unpaired) electrons. The summed E-state index contributed by atoms with van der Waals surface area (Å²) in [5.74, 6) is 1.75. The second-order valence-corrected chi connectivity index (χ2v) is 3.95. The van der Waals surface area contributed by atoms with Crippen molar-refractivity contribution in [2.75, 3.05) is 13.1 Å². The van der Waals surface area contributed by atoms with E-state index in [4.69, 9.17) is 4.52 Å². The van der Waals surface area contributed by atoms with Crippen molar-refractivity contribution in [1.82, 2.24) is 25.7 Å². The fourth-order valence-electron chi connectivity index (χ4n) is 1.97. The highest BCUT2D eigenvalue weighted by molar-refractivity contribution is 5.85. The van der Waals surface area contributed by atoms with Gasteiger partial charge in [-0.1, -0.05) is 5.16 Å². The summed E-state index contributed by atoms with van der Waals surface area (Å²) in [4.78, 5) is 4.40. The lowest BCUT2D eigenvalue weighted by Gasteiger charge is -2.18. The van der Waals surface area contributed by atoms with Crippen molar-refractivity contribution < 1.29 is 4.52 Å². The minimum absolute atomic E-state index is 0. The molecule has 0 aliphatic carbocycles. The first-order valence-corrected chi connectivity index (χ1v) is 5.47. The number of piperidine rings is 1. The molecule has 0 bridgehead atoms. The van der Waals surface area contributed by atoms with E-state index in [2.05, 4.69) is 25.7 Å². The zero-order chi connectivity index (χ0) is 10.8. The Morgan fingerprint density at radius 3 is 2.82 bits per heavy atom. The zero-order valence-corrected chi connectivity index (χ0v) is 10.0. The minimum atomic E-state index is 0. The summed E-state index contributed by atoms with van der Waals surface area (Å²) in [6, 6.07) is 1.82. The number of aromatic nitrogens is 4. The van der Waals surface area contributed by atoms with Crippen LogP contribution in [-0.4, -0.2) is 33.4 Å². The first kappa shape index (κ1) is 12.1. The third-order valence-corrected chi connectivity index (χ3v) is 2.88. The van der Waals surface area contributed by atoms with Crippen LogP contribution in [-0.2, 0) is 0 Å². The van der Waals surface area contributed by atoms with E-state index in [9.17, 15) is 0 Å². The SMILES string of the molecule is Cl.c1cc(-c2nc(C3CCNCC3)no2)[nH]n1. The fourth-order valence-corrected chi connectivity index (χ4v) is 1.97. The number of halogens is 1. The van der Waals surface area contributed by atoms with Gasteiger partial charge in [0.05, 0.1) is 0 Å². The Bertz CT molecular complexity index is 449. The number of nitrogens with one attached hydrogen (secondary N) is 2. The van der Waals surface area contributed by atoms with E-state index in [-0.39, 0.29) is 12.4 Å². The van der Waals surface area contributed by atoms with Crippen molar-refractivity contribution in [3.63, 3.8) is 0 Å². The van der Waals surface area contributed by atoms with E-state index >= 15 is 0 Å². The quantitative estimate of drug-likeness (QED) is 0.847. The van der Waals surface area contributed by atoms with Gasteiger partial charge in [0.15, 0.2) is 5.82 Å². The molecule has 92 valence electrons. The standard InChI is InChI=1S/C10H13N5O.ClH/c1-4-11-5-2-7(1)9-13-10(16-15-9)8-3-6-12-14-8;/h3,6-7,11H,1-2,4-5H2,(H,12,14);1H. The molecule has 0 spiro atoms. The predicted molar refractivity (Wildman–Crippen MR) is 64.0 cm³/mol. The molecule has 2 aromatic rings. The molecule has 0 amide bonds. The average molecular weight is 256 g/mol. The van der Waals surface area contributed by atoms with E-state index in [0.717, 1.165) is 37.4 Å². The Hall–Kier alpha value is -1.40. The van der Waals surface area contributed by atoms with E-state index < -0.39 is 0 Å². The molecule has 7 heteroatoms. The van der Waals surface area contributed by atoms with Gasteiger partial charge in [0, 0.05) is 12.1 Å². The predicted octanol–water partition coefficient (Wildman–Crippen LogP) is 1.35. The van der Waals surface area contributed by atoms with E-state index in [1.165, 1.54) is 0 Å². The third kappa shape index (κ3) is 2.48. The molecule has 2 aromatic heterocycles. The van der Waals surface area contributed by atoms with Gasteiger partial charge >= 0.3 is 0 Å². The van der Waals surface area contributed by atoms with E-state index in [1.54, 1.807) is 6.20 Å². The second-order valence-electron chi connectivity index (χ2n) is 3.95. The highest BCUT2D eigenvalue weighted by Crippen LogP contribution is 2.24. The summed E-state index contributed by atoms with van der Waals surface area (Å²) >= 11 is 0. The molecule has 0 atom stereocenters. The minimum Gasteiger partial charge on any atom is -0.332 e. The van der Waals surface area contributed by atoms with Crippen LogP contribution in [0.4, 0.5) is 0 Å². The topological polar surface area (TPSA) is 79.6 Å². The lowest BCUT2D eigenvalue weighted by Crippen LogP contribution is -2.27. The van der Waals surface area contributed by atoms with Gasteiger partial charge in [-0.25, -0.2) is 0 Å². The molecule has 1 saturated heterocycles. The molecule has 3 rings (SSSR count). The number of nitrogens with zero attached hydrogens (tertiary/aromatic N) is 3. The third-order valence-electron chi connectivity index (χ3n) is 2.88. The lowest BCUT2D eigenvalue weighted by atomic mass is 9.98. The monoisotopic (exact) mass is 255 g/mol. The van der Waals surface area contributed by atoms with Crippen molar-refractivity contribution in [3.05, 3.63) is 18.1 Å². The van der Waals surface area contributed by atoms with Crippen LogP contribution < -0.4 is 5.32 Å². The van der Waals surface area contributed by atoms with Crippen LogP contribution in [0.15, 0.2) is 16.8 Å². The molecular weight excluding hydrogens is 242 g/mol. The fraction of sp³-hybridized carbons (Fsp3) is 0.500. The zero-order valence-electron chi connectivity index (χ0n) is 9.22. The summed E-state index contributed by atoms with van der Waals surface area (Å²) in [6.07, 6.45) is 3.81. The summed E-state index contributed by atoms with van der Waals surface area (Å²) in [7, 11) is 0. The molecule has 17 heavy (non-hydrogen) atoms. The van der Waals surface area contributed by atoms with Gasteiger partial charge in [-0.05, 0) is 32.0 Å². The maximum absolute atomic E-state index is 5.21. The molecule has 3 heterocycles. The van der Waals surface area contributed by atoms with Crippen LogP contribution in [0, 0.1) is 0 Å². The average Bonchev–Trinajstić information content (AvgIpc) is 3.01. The molecular formula is C10H14ClN5O. The number of aromatic amines is 1. The maximum Gasteiger partial charge on any atom is 0.275 e. The Kier molecular flexibility index (Phi) is 3.75. The molecule has 0 unspecified atom stereocenters. The molecule has 1 aliphatic rings. The van der Waals surface area contributed by atoms with Gasteiger partial charge in [-0.2, -0.15) is 10.1 Å². The summed E-state index contributed by atoms with van der Waals surface area (Å²) < 4.78 is 5.21. The van der Waals surface area contributed by atoms with E-state index in [0.29, 0.717) is 11.8 Å². The Morgan fingerprint density at radius 2 is 2.12 bits per heavy atom. The van der Waals surface area contributed by atoms with Crippen molar-refractivity contribution in [3.8, 4) is 11.6 Å². The van der Waals surface area contributed by atoms with Gasteiger partial charge in [0.2, 0.25) is 0 Å². The van der Waals surface area contributed by atoms with Crippen LogP contribution in [0.25, 0.3) is 11.6 Å². The molecule has 0 aromatic carbocycles. The van der Waals surface area contributed by atoms with Gasteiger partial charge < -0.3 is 9.84 Å². The molecule has 1 fully saturated rings. The van der Waals surface area contributed by atoms with Gasteiger partial charge in [-0.15, -0.1) is 12.4 Å². The molecule has 2 N–H and O–H groups in total. The Morgan fingerprint density at radius 1 is 1.29 bits per heavy atom. The van der Waals surface area contributed by atoms with Crippen molar-refractivity contribution in [1.29, 1.82) is 0 Å². The van der Waals surface area contributed by atoms with Crippen LogP contribution >= 0.6 is 12.4 Å². The van der Waals surface area contributed by atoms with Crippen LogP contribution in [0.5, 0.6) is 0 Å². The van der Waals surface area contributed by atoms with Crippen molar-refractivity contribution >= 4 is 12.4 Å². The number of hydrogen-bond acceptors (Lipinski definition) is 5. The van der Waals surface area contributed by atoms with Gasteiger partial charge in [0.1, 0.15) is 5.69 Å². The van der Waals surface area contributed by atoms with Gasteiger partial charge in [0.25, 0.3) is 5.89 Å². The molecule has 1 aliphatic heterocycles. The normalized spacial score (nSPS) is 16.7. The van der Waals surface area contributed by atoms with Crippen molar-refractivity contribution in [2.45, 2.75) is 18.8 Å². The smallest absolute Gasteiger partial charge is 0.275 e. The van der Waals surface area contributed by atoms with Gasteiger partial charge in [-0.3, -0.25) is 5.10 Å². The maximum atomic E-state index is 5.21. The van der Waals surface area contributed by atoms with Crippen LogP contribution in [0.3, 0.4) is 0 Å². The largest absolute Gasteiger partial charge is 0.332 e. The summed E-state index contributed by atoms with van der Waals surface area (Å²) in [5.41, 5.74) is 0.771. The van der Waals surface area contributed by atoms with E-state index in [1.807, 2.05) is 6.07 Å². The second kappa shape index (κ2) is 5.29. The Labute approximate surface area is 105 Å². The number of rotatable bonds is 2.